The van der Waals surface area contributed by atoms with Gasteiger partial charge in [-0.2, -0.15) is 0 Å². The van der Waals surface area contributed by atoms with E-state index in [2.05, 4.69) is 10.6 Å². The Kier molecular flexibility index (Phi) is 12.3. The second-order valence-electron chi connectivity index (χ2n) is 13.0. The van der Waals surface area contributed by atoms with Gasteiger partial charge >= 0.3 is 12.1 Å². The van der Waals surface area contributed by atoms with Crippen molar-refractivity contribution in [3.8, 4) is 0 Å². The smallest absolute Gasteiger partial charge is 0.408 e. The fourth-order valence-corrected chi connectivity index (χ4v) is 4.42. The molecule has 0 spiro atoms. The fourth-order valence-electron chi connectivity index (χ4n) is 4.42. The lowest BCUT2D eigenvalue weighted by atomic mass is 9.98. The number of carbonyl (C=O) groups excluding carboxylic acids is 4. The molecule has 43 heavy (non-hydrogen) atoms. The number of amides is 3. The summed E-state index contributed by atoms with van der Waals surface area (Å²) in [5.74, 6) is -1.57. The fraction of sp³-hybridized carbons (Fsp3) is 0.529. The van der Waals surface area contributed by atoms with Gasteiger partial charge in [0.05, 0.1) is 0 Å². The Morgan fingerprint density at radius 2 is 1.37 bits per heavy atom. The topological polar surface area (TPSA) is 114 Å². The van der Waals surface area contributed by atoms with Gasteiger partial charge in [0.25, 0.3) is 0 Å². The lowest BCUT2D eigenvalue weighted by molar-refractivity contribution is -0.159. The first-order valence-corrected chi connectivity index (χ1v) is 14.9. The maximum atomic E-state index is 14.3. The molecule has 2 rings (SSSR count). The largest absolute Gasteiger partial charge is 0.458 e. The number of hydrogen-bond acceptors (Lipinski definition) is 6. The van der Waals surface area contributed by atoms with Crippen LogP contribution in [0.2, 0.25) is 0 Å². The molecule has 0 radical (unpaired) electrons. The summed E-state index contributed by atoms with van der Waals surface area (Å²) in [6.45, 7) is 17.8. The molecule has 0 heterocycles. The number of alkyl carbamates (subject to hydrolysis) is 1. The summed E-state index contributed by atoms with van der Waals surface area (Å²) in [4.78, 5) is 55.7. The number of carbonyl (C=O) groups is 4. The molecule has 0 aliphatic carbocycles. The van der Waals surface area contributed by atoms with Crippen LogP contribution in [0.4, 0.5) is 4.79 Å². The molecule has 4 atom stereocenters. The minimum Gasteiger partial charge on any atom is -0.458 e. The normalized spacial score (nSPS) is 14.5. The molecule has 0 aromatic heterocycles. The van der Waals surface area contributed by atoms with Crippen LogP contribution in [0.1, 0.15) is 91.5 Å². The number of nitrogens with one attached hydrogen (secondary N) is 2. The van der Waals surface area contributed by atoms with Crippen LogP contribution in [0.25, 0.3) is 0 Å². The van der Waals surface area contributed by atoms with Crippen molar-refractivity contribution in [2.75, 3.05) is 0 Å². The Balaban J connectivity index is 2.53. The van der Waals surface area contributed by atoms with Crippen LogP contribution in [0.15, 0.2) is 54.6 Å². The number of aryl methyl sites for hydroxylation is 1. The zero-order valence-electron chi connectivity index (χ0n) is 27.3. The number of esters is 1. The summed E-state index contributed by atoms with van der Waals surface area (Å²) >= 11 is 0. The molecule has 9 nitrogen and oxygen atoms in total. The standard InChI is InChI=1S/C34H49N3O6/c1-11-23(3)37(30(39)24(4)35-32(41)43-34(8,9)10)28(26-19-17-22(2)18-20-26)29(38)36-27(31(40)42-33(5,6)7)21-25-15-13-12-14-16-25/h12-20,23-24,27-28H,11,21H2,1-10H3,(H,35,41)(H,36,38). The summed E-state index contributed by atoms with van der Waals surface area (Å²) in [6.07, 6.45) is 0.0115. The number of nitrogens with zero attached hydrogens (tertiary/aromatic N) is 1. The number of hydrogen-bond donors (Lipinski definition) is 2. The van der Waals surface area contributed by atoms with E-state index in [9.17, 15) is 19.2 Å². The Labute approximate surface area is 256 Å². The van der Waals surface area contributed by atoms with Crippen molar-refractivity contribution in [2.24, 2.45) is 0 Å². The third kappa shape index (κ3) is 11.4. The highest BCUT2D eigenvalue weighted by Gasteiger charge is 2.39. The van der Waals surface area contributed by atoms with Gasteiger partial charge in [-0.1, -0.05) is 67.1 Å². The molecule has 2 aromatic carbocycles. The first-order valence-electron chi connectivity index (χ1n) is 14.9. The van der Waals surface area contributed by atoms with Gasteiger partial charge in [-0.05, 0) is 79.9 Å². The molecule has 0 bridgehead atoms. The van der Waals surface area contributed by atoms with Crippen LogP contribution in [-0.2, 0) is 30.3 Å². The van der Waals surface area contributed by atoms with E-state index < -0.39 is 53.2 Å². The summed E-state index contributed by atoms with van der Waals surface area (Å²) in [6, 6.07) is 13.2. The first kappa shape index (κ1) is 35.3. The van der Waals surface area contributed by atoms with Crippen molar-refractivity contribution < 1.29 is 28.7 Å². The van der Waals surface area contributed by atoms with Crippen LogP contribution >= 0.6 is 0 Å². The van der Waals surface area contributed by atoms with Crippen LogP contribution in [-0.4, -0.2) is 58.1 Å². The average Bonchev–Trinajstić information content (AvgIpc) is 2.89. The predicted octanol–water partition coefficient (Wildman–Crippen LogP) is 5.65. The maximum Gasteiger partial charge on any atom is 0.408 e. The highest BCUT2D eigenvalue weighted by atomic mass is 16.6. The summed E-state index contributed by atoms with van der Waals surface area (Å²) in [7, 11) is 0. The van der Waals surface area contributed by atoms with E-state index in [1.165, 1.54) is 4.90 Å². The van der Waals surface area contributed by atoms with Gasteiger partial charge in [-0.25, -0.2) is 9.59 Å². The molecule has 4 unspecified atom stereocenters. The van der Waals surface area contributed by atoms with Gasteiger partial charge in [-0.15, -0.1) is 0 Å². The number of rotatable bonds is 11. The van der Waals surface area contributed by atoms with Crippen molar-refractivity contribution in [1.29, 1.82) is 0 Å². The molecule has 236 valence electrons. The Morgan fingerprint density at radius 3 is 1.88 bits per heavy atom. The number of ether oxygens (including phenoxy) is 2. The SMILES string of the molecule is CCC(C)N(C(=O)C(C)NC(=O)OC(C)(C)C)C(C(=O)NC(Cc1ccccc1)C(=O)OC(C)(C)C)c1ccc(C)cc1. The molecular formula is C34H49N3O6. The zero-order chi connectivity index (χ0) is 32.5. The third-order valence-corrected chi connectivity index (χ3v) is 6.63. The van der Waals surface area contributed by atoms with Gasteiger partial charge in [0, 0.05) is 12.5 Å². The molecular weight excluding hydrogens is 546 g/mol. The Morgan fingerprint density at radius 1 is 0.814 bits per heavy atom. The van der Waals surface area contributed by atoms with Gasteiger partial charge in [-0.3, -0.25) is 9.59 Å². The monoisotopic (exact) mass is 595 g/mol. The van der Waals surface area contributed by atoms with Crippen molar-refractivity contribution in [1.82, 2.24) is 15.5 Å². The van der Waals surface area contributed by atoms with E-state index in [0.29, 0.717) is 12.0 Å². The van der Waals surface area contributed by atoms with Crippen LogP contribution in [0.5, 0.6) is 0 Å². The molecule has 0 saturated carbocycles. The van der Waals surface area contributed by atoms with E-state index in [1.54, 1.807) is 60.6 Å². The quantitative estimate of drug-likeness (QED) is 0.325. The first-order chi connectivity index (χ1) is 19.9. The van der Waals surface area contributed by atoms with E-state index in [1.807, 2.05) is 63.2 Å². The van der Waals surface area contributed by atoms with Gasteiger partial charge in [0.15, 0.2) is 0 Å². The van der Waals surface area contributed by atoms with E-state index in [-0.39, 0.29) is 12.5 Å². The molecule has 3 amide bonds. The summed E-state index contributed by atoms with van der Waals surface area (Å²) < 4.78 is 11.0. The maximum absolute atomic E-state index is 14.3. The second-order valence-corrected chi connectivity index (χ2v) is 13.0. The molecule has 0 saturated heterocycles. The molecule has 0 aliphatic rings. The molecule has 2 aromatic rings. The molecule has 2 N–H and O–H groups in total. The van der Waals surface area contributed by atoms with Gasteiger partial charge < -0.3 is 25.0 Å². The van der Waals surface area contributed by atoms with Crippen LogP contribution in [0, 0.1) is 6.92 Å². The third-order valence-electron chi connectivity index (χ3n) is 6.63. The van der Waals surface area contributed by atoms with Crippen LogP contribution < -0.4 is 10.6 Å². The van der Waals surface area contributed by atoms with E-state index >= 15 is 0 Å². The van der Waals surface area contributed by atoms with E-state index in [4.69, 9.17) is 9.47 Å². The average molecular weight is 596 g/mol. The Hall–Kier alpha value is -3.88. The summed E-state index contributed by atoms with van der Waals surface area (Å²) in [5, 5.41) is 5.52. The predicted molar refractivity (Wildman–Crippen MR) is 167 cm³/mol. The minimum atomic E-state index is -1.09. The van der Waals surface area contributed by atoms with Crippen molar-refractivity contribution >= 4 is 23.9 Å². The second kappa shape index (κ2) is 15.0. The lowest BCUT2D eigenvalue weighted by Crippen LogP contribution is -2.56. The Bertz CT molecular complexity index is 1230. The van der Waals surface area contributed by atoms with Gasteiger partial charge in [0.2, 0.25) is 11.8 Å². The van der Waals surface area contributed by atoms with Crippen molar-refractivity contribution in [3.05, 3.63) is 71.3 Å². The highest BCUT2D eigenvalue weighted by molar-refractivity contribution is 5.94. The molecule has 9 heteroatoms. The van der Waals surface area contributed by atoms with Crippen molar-refractivity contribution in [2.45, 2.75) is 117 Å². The molecule has 0 aliphatic heterocycles. The summed E-state index contributed by atoms with van der Waals surface area (Å²) in [5.41, 5.74) is 0.886. The highest BCUT2D eigenvalue weighted by Crippen LogP contribution is 2.27. The lowest BCUT2D eigenvalue weighted by Gasteiger charge is -2.38. The van der Waals surface area contributed by atoms with Crippen LogP contribution in [0.3, 0.4) is 0 Å². The van der Waals surface area contributed by atoms with Crippen molar-refractivity contribution in [3.63, 3.8) is 0 Å². The molecule has 0 fully saturated rings. The minimum absolute atomic E-state index is 0.204. The van der Waals surface area contributed by atoms with Gasteiger partial charge in [0.1, 0.15) is 29.3 Å². The zero-order valence-corrected chi connectivity index (χ0v) is 27.3. The number of benzene rings is 2. The van der Waals surface area contributed by atoms with E-state index in [0.717, 1.165) is 11.1 Å².